The highest BCUT2D eigenvalue weighted by molar-refractivity contribution is 5.91. The van der Waals surface area contributed by atoms with Crippen molar-refractivity contribution in [2.75, 3.05) is 50.1 Å². The summed E-state index contributed by atoms with van der Waals surface area (Å²) in [7, 11) is 2.13. The number of carbonyl (C=O) groups is 1. The molecule has 0 bridgehead atoms. The Kier molecular flexibility index (Phi) is 6.29. The van der Waals surface area contributed by atoms with Crippen molar-refractivity contribution in [1.29, 1.82) is 0 Å². The van der Waals surface area contributed by atoms with E-state index in [9.17, 15) is 4.79 Å². The summed E-state index contributed by atoms with van der Waals surface area (Å²) in [5.41, 5.74) is 1.93. The maximum Gasteiger partial charge on any atom is 0.262 e. The van der Waals surface area contributed by atoms with E-state index < -0.39 is 0 Å². The third-order valence-corrected chi connectivity index (χ3v) is 4.78. The molecule has 1 aliphatic rings. The van der Waals surface area contributed by atoms with Crippen LogP contribution in [-0.4, -0.2) is 55.6 Å². The molecule has 0 atom stereocenters. The lowest BCUT2D eigenvalue weighted by Crippen LogP contribution is -2.44. The molecule has 0 saturated carbocycles. The Morgan fingerprint density at radius 1 is 1.11 bits per heavy atom. The molecule has 0 aliphatic carbocycles. The quantitative estimate of drug-likeness (QED) is 0.849. The molecular formula is C21H28N4O2. The number of nitrogens with one attached hydrogen (secondary N) is 1. The van der Waals surface area contributed by atoms with Gasteiger partial charge in [-0.2, -0.15) is 0 Å². The van der Waals surface area contributed by atoms with E-state index in [2.05, 4.69) is 41.0 Å². The van der Waals surface area contributed by atoms with Crippen molar-refractivity contribution >= 4 is 17.4 Å². The zero-order valence-corrected chi connectivity index (χ0v) is 16.3. The van der Waals surface area contributed by atoms with Gasteiger partial charge < -0.3 is 19.9 Å². The van der Waals surface area contributed by atoms with Crippen LogP contribution in [0.5, 0.6) is 5.75 Å². The Balaban J connectivity index is 1.47. The lowest BCUT2D eigenvalue weighted by Gasteiger charge is -2.33. The summed E-state index contributed by atoms with van der Waals surface area (Å²) in [6.07, 6.45) is 1.70. The number of piperazine rings is 1. The number of nitrogens with zero attached hydrogens (tertiary/aromatic N) is 3. The van der Waals surface area contributed by atoms with E-state index >= 15 is 0 Å². The summed E-state index contributed by atoms with van der Waals surface area (Å²) in [6, 6.07) is 11.7. The van der Waals surface area contributed by atoms with Crippen LogP contribution in [0.1, 0.15) is 25.3 Å². The van der Waals surface area contributed by atoms with Gasteiger partial charge in [-0.15, -0.1) is 0 Å². The molecule has 0 spiro atoms. The SMILES string of the molecule is CC(C)c1ccc(OCC(=O)Nc2ccc(N3CCN(C)CC3)nc2)cc1. The number of amides is 1. The van der Waals surface area contributed by atoms with Gasteiger partial charge in [0.1, 0.15) is 11.6 Å². The van der Waals surface area contributed by atoms with Crippen molar-refractivity contribution in [1.82, 2.24) is 9.88 Å². The van der Waals surface area contributed by atoms with E-state index in [0.717, 1.165) is 32.0 Å². The molecule has 27 heavy (non-hydrogen) atoms. The fourth-order valence-electron chi connectivity index (χ4n) is 2.98. The summed E-state index contributed by atoms with van der Waals surface area (Å²) in [4.78, 5) is 21.1. The summed E-state index contributed by atoms with van der Waals surface area (Å²) in [6.45, 7) is 8.28. The fourth-order valence-corrected chi connectivity index (χ4v) is 2.98. The predicted octanol–water partition coefficient (Wildman–Crippen LogP) is 2.97. The van der Waals surface area contributed by atoms with Crippen molar-refractivity contribution in [2.45, 2.75) is 19.8 Å². The number of rotatable bonds is 6. The molecule has 2 heterocycles. The molecule has 3 rings (SSSR count). The Morgan fingerprint density at radius 3 is 2.41 bits per heavy atom. The maximum absolute atomic E-state index is 12.1. The van der Waals surface area contributed by atoms with Crippen LogP contribution in [0.25, 0.3) is 0 Å². The molecular weight excluding hydrogens is 340 g/mol. The third-order valence-electron chi connectivity index (χ3n) is 4.78. The lowest BCUT2D eigenvalue weighted by atomic mass is 10.0. The van der Waals surface area contributed by atoms with Crippen molar-refractivity contribution in [2.24, 2.45) is 0 Å². The molecule has 1 amide bonds. The number of likely N-dealkylation sites (N-methyl/N-ethyl adjacent to an activating group) is 1. The second-order valence-corrected chi connectivity index (χ2v) is 7.26. The Morgan fingerprint density at radius 2 is 1.81 bits per heavy atom. The molecule has 0 radical (unpaired) electrons. The van der Waals surface area contributed by atoms with Gasteiger partial charge >= 0.3 is 0 Å². The van der Waals surface area contributed by atoms with E-state index in [1.54, 1.807) is 6.20 Å². The number of hydrogen-bond donors (Lipinski definition) is 1. The number of anilines is 2. The van der Waals surface area contributed by atoms with E-state index in [1.807, 2.05) is 36.4 Å². The van der Waals surface area contributed by atoms with Gasteiger partial charge in [-0.3, -0.25) is 4.79 Å². The van der Waals surface area contributed by atoms with Crippen molar-refractivity contribution in [3.63, 3.8) is 0 Å². The average molecular weight is 368 g/mol. The van der Waals surface area contributed by atoms with Gasteiger partial charge in [0, 0.05) is 26.2 Å². The van der Waals surface area contributed by atoms with Crippen molar-refractivity contribution < 1.29 is 9.53 Å². The van der Waals surface area contributed by atoms with E-state index in [0.29, 0.717) is 17.4 Å². The molecule has 6 heteroatoms. The largest absolute Gasteiger partial charge is 0.484 e. The fraction of sp³-hybridized carbons (Fsp3) is 0.429. The van der Waals surface area contributed by atoms with E-state index in [-0.39, 0.29) is 12.5 Å². The number of carbonyl (C=O) groups excluding carboxylic acids is 1. The van der Waals surface area contributed by atoms with Gasteiger partial charge in [-0.25, -0.2) is 4.98 Å². The highest BCUT2D eigenvalue weighted by atomic mass is 16.5. The molecule has 1 saturated heterocycles. The predicted molar refractivity (Wildman–Crippen MR) is 109 cm³/mol. The van der Waals surface area contributed by atoms with Crippen LogP contribution in [0.15, 0.2) is 42.6 Å². The summed E-state index contributed by atoms with van der Waals surface area (Å²) < 4.78 is 5.56. The Hall–Kier alpha value is -2.60. The summed E-state index contributed by atoms with van der Waals surface area (Å²) in [5.74, 6) is 1.92. The number of hydrogen-bond acceptors (Lipinski definition) is 5. The molecule has 0 unspecified atom stereocenters. The smallest absolute Gasteiger partial charge is 0.262 e. The first-order valence-electron chi connectivity index (χ1n) is 9.43. The molecule has 1 aromatic heterocycles. The minimum absolute atomic E-state index is 0.0266. The number of aromatic nitrogens is 1. The topological polar surface area (TPSA) is 57.7 Å². The van der Waals surface area contributed by atoms with Crippen LogP contribution in [0.2, 0.25) is 0 Å². The van der Waals surface area contributed by atoms with Crippen LogP contribution in [-0.2, 0) is 4.79 Å². The second kappa shape index (κ2) is 8.86. The van der Waals surface area contributed by atoms with Gasteiger partial charge in [-0.1, -0.05) is 26.0 Å². The first-order valence-corrected chi connectivity index (χ1v) is 9.43. The second-order valence-electron chi connectivity index (χ2n) is 7.26. The van der Waals surface area contributed by atoms with Crippen LogP contribution < -0.4 is 15.0 Å². The normalized spacial score (nSPS) is 15.0. The van der Waals surface area contributed by atoms with Crippen molar-refractivity contribution in [3.8, 4) is 5.75 Å². The minimum Gasteiger partial charge on any atom is -0.484 e. The molecule has 2 aromatic rings. The minimum atomic E-state index is -0.197. The lowest BCUT2D eigenvalue weighted by molar-refractivity contribution is -0.118. The van der Waals surface area contributed by atoms with Crippen LogP contribution in [0.3, 0.4) is 0 Å². The molecule has 6 nitrogen and oxygen atoms in total. The summed E-state index contributed by atoms with van der Waals surface area (Å²) in [5, 5.41) is 2.83. The van der Waals surface area contributed by atoms with Crippen LogP contribution >= 0.6 is 0 Å². The average Bonchev–Trinajstić information content (AvgIpc) is 2.68. The summed E-state index contributed by atoms with van der Waals surface area (Å²) >= 11 is 0. The van der Waals surface area contributed by atoms with E-state index in [4.69, 9.17) is 4.74 Å². The number of ether oxygens (including phenoxy) is 1. The molecule has 1 aromatic carbocycles. The Labute approximate surface area is 161 Å². The first kappa shape index (κ1) is 19.2. The molecule has 1 fully saturated rings. The maximum atomic E-state index is 12.1. The highest BCUT2D eigenvalue weighted by Gasteiger charge is 2.15. The molecule has 1 aliphatic heterocycles. The monoisotopic (exact) mass is 368 g/mol. The third kappa shape index (κ3) is 5.44. The molecule has 1 N–H and O–H groups in total. The first-order chi connectivity index (χ1) is 13.0. The molecule has 144 valence electrons. The van der Waals surface area contributed by atoms with Crippen LogP contribution in [0.4, 0.5) is 11.5 Å². The highest BCUT2D eigenvalue weighted by Crippen LogP contribution is 2.19. The number of benzene rings is 1. The van der Waals surface area contributed by atoms with Gasteiger partial charge in [0.25, 0.3) is 5.91 Å². The standard InChI is InChI=1S/C21H28N4O2/c1-16(2)17-4-7-19(8-5-17)27-15-21(26)23-18-6-9-20(22-14-18)25-12-10-24(3)11-13-25/h4-9,14,16H,10-13,15H2,1-3H3,(H,23,26). The zero-order chi connectivity index (χ0) is 19.2. The number of pyridine rings is 1. The van der Waals surface area contributed by atoms with E-state index in [1.165, 1.54) is 5.56 Å². The van der Waals surface area contributed by atoms with Gasteiger partial charge in [0.05, 0.1) is 11.9 Å². The Bertz CT molecular complexity index is 736. The van der Waals surface area contributed by atoms with Crippen LogP contribution in [0, 0.1) is 0 Å². The zero-order valence-electron chi connectivity index (χ0n) is 16.3. The van der Waals surface area contributed by atoms with Gasteiger partial charge in [0.2, 0.25) is 0 Å². The van der Waals surface area contributed by atoms with Gasteiger partial charge in [0.15, 0.2) is 6.61 Å². The van der Waals surface area contributed by atoms with Crippen molar-refractivity contribution in [3.05, 3.63) is 48.2 Å². The van der Waals surface area contributed by atoms with Gasteiger partial charge in [-0.05, 0) is 42.8 Å².